The normalized spacial score (nSPS) is 18.6. The van der Waals surface area contributed by atoms with Crippen molar-refractivity contribution in [2.75, 3.05) is 0 Å². The summed E-state index contributed by atoms with van der Waals surface area (Å²) in [7, 11) is -8.68. The van der Waals surface area contributed by atoms with Gasteiger partial charge in [0.05, 0.1) is 0 Å². The minimum Gasteiger partial charge on any atom is -0.285 e. The lowest BCUT2D eigenvalue weighted by Crippen LogP contribution is -2.11. The van der Waals surface area contributed by atoms with E-state index in [-0.39, 0.29) is 16.7 Å². The maximum Gasteiger partial charge on any atom is 0.295 e. The first-order chi connectivity index (χ1) is 9.19. The summed E-state index contributed by atoms with van der Waals surface area (Å²) >= 11 is 0. The molecule has 3 rings (SSSR count). The molecule has 0 saturated carbocycles. The second-order valence-electron chi connectivity index (χ2n) is 4.68. The molecule has 1 atom stereocenters. The van der Waals surface area contributed by atoms with Crippen molar-refractivity contribution in [1.82, 2.24) is 0 Å². The second-order valence-corrected chi connectivity index (χ2v) is 7.66. The molecule has 0 spiro atoms. The fourth-order valence-electron chi connectivity index (χ4n) is 2.72. The second kappa shape index (κ2) is 4.01. The van der Waals surface area contributed by atoms with Gasteiger partial charge in [0.25, 0.3) is 20.2 Å². The van der Waals surface area contributed by atoms with Crippen LogP contribution in [0.1, 0.15) is 16.4 Å². The van der Waals surface area contributed by atoms with Crippen LogP contribution in [0.3, 0.4) is 0 Å². The van der Waals surface area contributed by atoms with E-state index in [2.05, 4.69) is 0 Å². The summed E-state index contributed by atoms with van der Waals surface area (Å²) in [4.78, 5) is -0.269. The van der Waals surface area contributed by atoms with Crippen LogP contribution in [0.4, 0.5) is 0 Å². The lowest BCUT2D eigenvalue weighted by atomic mass is 10.1. The third-order valence-corrected chi connectivity index (χ3v) is 5.56. The molecule has 0 amide bonds. The lowest BCUT2D eigenvalue weighted by molar-refractivity contribution is 0.469. The maximum absolute atomic E-state index is 11.4. The molecule has 6 nitrogen and oxygen atoms in total. The number of rotatable bonds is 2. The number of hydrogen-bond acceptors (Lipinski definition) is 4. The van der Waals surface area contributed by atoms with Crippen LogP contribution in [0, 0.1) is 0 Å². The van der Waals surface area contributed by atoms with Gasteiger partial charge >= 0.3 is 0 Å². The Morgan fingerprint density at radius 1 is 1.00 bits per heavy atom. The summed E-state index contributed by atoms with van der Waals surface area (Å²) in [5.74, 6) is 0. The molecule has 8 heteroatoms. The van der Waals surface area contributed by atoms with Gasteiger partial charge in [-0.25, -0.2) is 0 Å². The minimum atomic E-state index is -4.40. The summed E-state index contributed by atoms with van der Waals surface area (Å²) < 4.78 is 64.0. The summed E-state index contributed by atoms with van der Waals surface area (Å²) in [6.45, 7) is 0. The zero-order valence-corrected chi connectivity index (χ0v) is 11.6. The van der Waals surface area contributed by atoms with E-state index in [4.69, 9.17) is 0 Å². The van der Waals surface area contributed by atoms with Gasteiger partial charge in [-0.2, -0.15) is 16.8 Å². The fourth-order valence-corrected chi connectivity index (χ4v) is 4.32. The van der Waals surface area contributed by atoms with E-state index in [1.54, 1.807) is 12.1 Å². The molecular weight excluding hydrogens is 304 g/mol. The molecule has 1 aliphatic carbocycles. The zero-order valence-electron chi connectivity index (χ0n) is 10.0. The molecule has 1 aliphatic rings. The number of hydrogen-bond donors (Lipinski definition) is 2. The van der Waals surface area contributed by atoms with Crippen LogP contribution in [0.2, 0.25) is 0 Å². The monoisotopic (exact) mass is 314 g/mol. The molecule has 0 bridgehead atoms. The van der Waals surface area contributed by atoms with Crippen LogP contribution in [0.15, 0.2) is 35.2 Å². The van der Waals surface area contributed by atoms with Crippen molar-refractivity contribution in [2.45, 2.75) is 16.6 Å². The Morgan fingerprint density at radius 3 is 2.30 bits per heavy atom. The van der Waals surface area contributed by atoms with Gasteiger partial charge in [-0.3, -0.25) is 9.11 Å². The van der Waals surface area contributed by atoms with Gasteiger partial charge in [0.1, 0.15) is 10.1 Å². The van der Waals surface area contributed by atoms with Crippen molar-refractivity contribution in [1.29, 1.82) is 0 Å². The average molecular weight is 314 g/mol. The summed E-state index contributed by atoms with van der Waals surface area (Å²) in [6.07, 6.45) is 0.0838. The van der Waals surface area contributed by atoms with E-state index in [9.17, 15) is 25.9 Å². The Kier molecular flexibility index (Phi) is 2.71. The van der Waals surface area contributed by atoms with Gasteiger partial charge in [-0.05, 0) is 29.0 Å². The first-order valence-corrected chi connectivity index (χ1v) is 8.62. The average Bonchev–Trinajstić information content (AvgIpc) is 2.69. The summed E-state index contributed by atoms with van der Waals surface area (Å²) in [6, 6.07) is 7.23. The van der Waals surface area contributed by atoms with E-state index in [0.717, 1.165) is 6.07 Å². The molecule has 0 fully saturated rings. The van der Waals surface area contributed by atoms with Crippen molar-refractivity contribution in [3.05, 3.63) is 41.5 Å². The quantitative estimate of drug-likeness (QED) is 0.814. The molecule has 0 aliphatic heterocycles. The highest BCUT2D eigenvalue weighted by Crippen LogP contribution is 2.42. The predicted octanol–water partition coefficient (Wildman–Crippen LogP) is 1.57. The maximum atomic E-state index is 11.4. The first kappa shape index (κ1) is 13.5. The Balaban J connectivity index is 2.43. The minimum absolute atomic E-state index is 0.0838. The molecule has 20 heavy (non-hydrogen) atoms. The SMILES string of the molecule is O=S(=O)(O)c1ccc2c3c(cccc13)CC2S(=O)(=O)O. The Morgan fingerprint density at radius 2 is 1.70 bits per heavy atom. The topological polar surface area (TPSA) is 109 Å². The standard InChI is InChI=1S/C12H10O6S2/c13-19(14,15)10-5-4-9-11(20(16,17)18)6-7-2-1-3-8(10)12(7)9/h1-5,11H,6H2,(H,13,14,15)(H,16,17,18). The van der Waals surface area contributed by atoms with Crippen LogP contribution in [-0.4, -0.2) is 25.9 Å². The van der Waals surface area contributed by atoms with Gasteiger partial charge in [0.15, 0.2) is 0 Å². The Hall–Kier alpha value is -1.48. The van der Waals surface area contributed by atoms with E-state index >= 15 is 0 Å². The van der Waals surface area contributed by atoms with Gasteiger partial charge < -0.3 is 0 Å². The van der Waals surface area contributed by atoms with Gasteiger partial charge in [0, 0.05) is 5.39 Å². The van der Waals surface area contributed by atoms with Crippen LogP contribution < -0.4 is 0 Å². The molecule has 1 unspecified atom stereocenters. The fraction of sp³-hybridized carbons (Fsp3) is 0.167. The van der Waals surface area contributed by atoms with E-state index in [1.807, 2.05) is 0 Å². The van der Waals surface area contributed by atoms with Crippen molar-refractivity contribution in [2.24, 2.45) is 0 Å². The highest BCUT2D eigenvalue weighted by atomic mass is 32.2. The third-order valence-electron chi connectivity index (χ3n) is 3.51. The van der Waals surface area contributed by atoms with Crippen LogP contribution >= 0.6 is 0 Å². The summed E-state index contributed by atoms with van der Waals surface area (Å²) in [5, 5.41) is -0.378. The smallest absolute Gasteiger partial charge is 0.285 e. The molecule has 2 aromatic carbocycles. The van der Waals surface area contributed by atoms with Gasteiger partial charge in [0.2, 0.25) is 0 Å². The summed E-state index contributed by atoms with van der Waals surface area (Å²) in [5.41, 5.74) is 0.983. The molecule has 106 valence electrons. The zero-order chi connectivity index (χ0) is 14.7. The van der Waals surface area contributed by atoms with Crippen LogP contribution in [0.25, 0.3) is 10.8 Å². The van der Waals surface area contributed by atoms with Gasteiger partial charge in [-0.15, -0.1) is 0 Å². The van der Waals surface area contributed by atoms with E-state index in [1.165, 1.54) is 12.1 Å². The Labute approximate surface area is 115 Å². The molecule has 2 aromatic rings. The molecule has 0 aromatic heterocycles. The van der Waals surface area contributed by atoms with Crippen LogP contribution in [-0.2, 0) is 26.7 Å². The third kappa shape index (κ3) is 1.92. The van der Waals surface area contributed by atoms with Crippen LogP contribution in [0.5, 0.6) is 0 Å². The largest absolute Gasteiger partial charge is 0.295 e. The molecule has 0 saturated heterocycles. The predicted molar refractivity (Wildman–Crippen MR) is 71.8 cm³/mol. The number of benzene rings is 2. The molecular formula is C12H10O6S2. The highest BCUT2D eigenvalue weighted by Gasteiger charge is 2.34. The van der Waals surface area contributed by atoms with Crippen molar-refractivity contribution < 1.29 is 25.9 Å². The van der Waals surface area contributed by atoms with Gasteiger partial charge in [-0.1, -0.05) is 24.3 Å². The van der Waals surface area contributed by atoms with E-state index < -0.39 is 25.5 Å². The van der Waals surface area contributed by atoms with E-state index in [0.29, 0.717) is 16.5 Å². The molecule has 0 radical (unpaired) electrons. The van der Waals surface area contributed by atoms with Crippen molar-refractivity contribution >= 4 is 31.0 Å². The molecule has 2 N–H and O–H groups in total. The Bertz CT molecular complexity index is 928. The molecule has 0 heterocycles. The van der Waals surface area contributed by atoms with Crippen molar-refractivity contribution in [3.63, 3.8) is 0 Å². The lowest BCUT2D eigenvalue weighted by Gasteiger charge is -2.09. The first-order valence-electron chi connectivity index (χ1n) is 5.68. The van der Waals surface area contributed by atoms with Crippen molar-refractivity contribution in [3.8, 4) is 0 Å². The highest BCUT2D eigenvalue weighted by molar-refractivity contribution is 7.86.